The quantitative estimate of drug-likeness (QED) is 0.813. The van der Waals surface area contributed by atoms with E-state index in [1.165, 1.54) is 0 Å². The Balaban J connectivity index is 1.71. The maximum atomic E-state index is 13.1. The first-order valence-corrected chi connectivity index (χ1v) is 8.13. The molecule has 1 N–H and O–H groups in total. The maximum absolute atomic E-state index is 13.1. The van der Waals surface area contributed by atoms with E-state index in [0.717, 1.165) is 31.4 Å². The van der Waals surface area contributed by atoms with Crippen LogP contribution in [0.1, 0.15) is 38.1 Å². The largest absolute Gasteiger partial charge is 0.477 e. The van der Waals surface area contributed by atoms with Crippen LogP contribution in [-0.4, -0.2) is 27.8 Å². The Morgan fingerprint density at radius 3 is 2.67 bits per heavy atom. The maximum Gasteiger partial charge on any atom is 0.421 e. The summed E-state index contributed by atoms with van der Waals surface area (Å²) in [5, 5.41) is 6.11. The van der Waals surface area contributed by atoms with Crippen molar-refractivity contribution in [3.8, 4) is 11.8 Å². The van der Waals surface area contributed by atoms with Crippen molar-refractivity contribution in [2.45, 2.75) is 38.4 Å². The molecule has 0 saturated heterocycles. The molecular formula is C16H17F3N4O4. The Morgan fingerprint density at radius 2 is 2.07 bits per heavy atom. The number of halogens is 3. The first-order chi connectivity index (χ1) is 12.6. The number of alkyl halides is 3. The summed E-state index contributed by atoms with van der Waals surface area (Å²) in [6, 6.07) is 1.72. The van der Waals surface area contributed by atoms with Crippen LogP contribution < -0.4 is 14.8 Å². The van der Waals surface area contributed by atoms with Gasteiger partial charge in [-0.2, -0.15) is 23.1 Å². The summed E-state index contributed by atoms with van der Waals surface area (Å²) in [5.41, 5.74) is -2.05. The summed E-state index contributed by atoms with van der Waals surface area (Å²) in [6.07, 6.45) is -2.65. The number of pyridine rings is 1. The van der Waals surface area contributed by atoms with Crippen LogP contribution in [0, 0.1) is 5.92 Å². The highest BCUT2D eigenvalue weighted by Crippen LogP contribution is 2.37. The normalized spacial score (nSPS) is 14.7. The molecule has 0 atom stereocenters. The lowest BCUT2D eigenvalue weighted by molar-refractivity contribution is -0.139. The molecule has 1 aliphatic rings. The lowest BCUT2D eigenvalue weighted by Gasteiger charge is -2.21. The SMILES string of the molecule is CC(C)(NC(=O)Oc1ccc(C(F)(F)F)c(OCC2CC2)n1)c1ncon1. The highest BCUT2D eigenvalue weighted by atomic mass is 19.4. The van der Waals surface area contributed by atoms with E-state index in [1.807, 2.05) is 0 Å². The Kier molecular flexibility index (Phi) is 4.94. The first-order valence-electron chi connectivity index (χ1n) is 8.13. The summed E-state index contributed by atoms with van der Waals surface area (Å²) in [6.45, 7) is 3.34. The predicted octanol–water partition coefficient (Wildman–Crippen LogP) is 3.30. The van der Waals surface area contributed by atoms with Gasteiger partial charge in [-0.25, -0.2) is 4.79 Å². The second-order valence-corrected chi connectivity index (χ2v) is 6.65. The van der Waals surface area contributed by atoms with Crippen molar-refractivity contribution >= 4 is 6.09 Å². The zero-order valence-corrected chi connectivity index (χ0v) is 14.5. The van der Waals surface area contributed by atoms with Crippen molar-refractivity contribution in [3.63, 3.8) is 0 Å². The third-order valence-corrected chi connectivity index (χ3v) is 3.82. The standard InChI is InChI=1S/C16H17F3N4O4/c1-15(2,13-20-8-26-23-13)22-14(24)27-11-6-5-10(16(17,18)19)12(21-11)25-7-9-3-4-9/h5-6,8-9H,3-4,7H2,1-2H3,(H,22,24). The number of amides is 1. The Labute approximate surface area is 152 Å². The summed E-state index contributed by atoms with van der Waals surface area (Å²) in [5.74, 6) is -0.503. The van der Waals surface area contributed by atoms with Crippen LogP contribution in [0.5, 0.6) is 11.8 Å². The van der Waals surface area contributed by atoms with Gasteiger partial charge in [-0.15, -0.1) is 0 Å². The highest BCUT2D eigenvalue weighted by Gasteiger charge is 2.36. The van der Waals surface area contributed by atoms with Crippen molar-refractivity contribution in [1.82, 2.24) is 20.4 Å². The second kappa shape index (κ2) is 7.05. The fourth-order valence-electron chi connectivity index (χ4n) is 2.16. The number of carbonyl (C=O) groups is 1. The van der Waals surface area contributed by atoms with Gasteiger partial charge in [0.1, 0.15) is 11.1 Å². The van der Waals surface area contributed by atoms with E-state index >= 15 is 0 Å². The lowest BCUT2D eigenvalue weighted by atomic mass is 10.1. The average molecular weight is 386 g/mol. The average Bonchev–Trinajstić information content (AvgIpc) is 3.21. The molecule has 1 aliphatic carbocycles. The van der Waals surface area contributed by atoms with Crippen LogP contribution in [0.15, 0.2) is 23.0 Å². The topological polar surface area (TPSA) is 99.4 Å². The van der Waals surface area contributed by atoms with E-state index in [9.17, 15) is 18.0 Å². The van der Waals surface area contributed by atoms with E-state index in [0.29, 0.717) is 0 Å². The van der Waals surface area contributed by atoms with Gasteiger partial charge in [0.25, 0.3) is 0 Å². The Bertz CT molecular complexity index is 804. The van der Waals surface area contributed by atoms with Gasteiger partial charge in [0.2, 0.25) is 18.2 Å². The van der Waals surface area contributed by atoms with Gasteiger partial charge in [-0.3, -0.25) is 0 Å². The van der Waals surface area contributed by atoms with Gasteiger partial charge >= 0.3 is 12.3 Å². The van der Waals surface area contributed by atoms with Crippen molar-refractivity contribution in [1.29, 1.82) is 0 Å². The van der Waals surface area contributed by atoms with Crippen LogP contribution in [-0.2, 0) is 11.7 Å². The number of hydrogen-bond donors (Lipinski definition) is 1. The molecule has 1 saturated carbocycles. The van der Waals surface area contributed by atoms with Crippen molar-refractivity contribution < 1.29 is 32.0 Å². The summed E-state index contributed by atoms with van der Waals surface area (Å²) in [4.78, 5) is 19.6. The van der Waals surface area contributed by atoms with Gasteiger partial charge in [0.15, 0.2) is 5.82 Å². The number of rotatable bonds is 6. The molecular weight excluding hydrogens is 369 g/mol. The molecule has 11 heteroatoms. The molecule has 146 valence electrons. The third-order valence-electron chi connectivity index (χ3n) is 3.82. The predicted molar refractivity (Wildman–Crippen MR) is 83.9 cm³/mol. The van der Waals surface area contributed by atoms with Gasteiger partial charge in [0, 0.05) is 6.07 Å². The van der Waals surface area contributed by atoms with E-state index < -0.39 is 29.3 Å². The van der Waals surface area contributed by atoms with E-state index in [-0.39, 0.29) is 24.2 Å². The molecule has 0 radical (unpaired) electrons. The minimum atomic E-state index is -4.63. The van der Waals surface area contributed by atoms with E-state index in [1.54, 1.807) is 13.8 Å². The molecule has 1 amide bonds. The molecule has 3 rings (SSSR count). The smallest absolute Gasteiger partial charge is 0.421 e. The van der Waals surface area contributed by atoms with Gasteiger partial charge in [-0.1, -0.05) is 5.16 Å². The number of hydrogen-bond acceptors (Lipinski definition) is 7. The number of nitrogens with zero attached hydrogens (tertiary/aromatic N) is 3. The molecule has 1 fully saturated rings. The molecule has 27 heavy (non-hydrogen) atoms. The zero-order valence-electron chi connectivity index (χ0n) is 14.5. The highest BCUT2D eigenvalue weighted by molar-refractivity contribution is 5.70. The Morgan fingerprint density at radius 1 is 1.33 bits per heavy atom. The molecule has 8 nitrogen and oxygen atoms in total. The van der Waals surface area contributed by atoms with E-state index in [2.05, 4.69) is 25.0 Å². The van der Waals surface area contributed by atoms with Crippen LogP contribution in [0.2, 0.25) is 0 Å². The van der Waals surface area contributed by atoms with Crippen molar-refractivity contribution in [2.24, 2.45) is 5.92 Å². The number of ether oxygens (including phenoxy) is 2. The van der Waals surface area contributed by atoms with Crippen LogP contribution in [0.4, 0.5) is 18.0 Å². The Hall–Kier alpha value is -2.85. The first kappa shape index (κ1) is 18.9. The number of nitrogens with one attached hydrogen (secondary N) is 1. The fourth-order valence-corrected chi connectivity index (χ4v) is 2.16. The molecule has 2 heterocycles. The molecule has 0 spiro atoms. The minimum Gasteiger partial charge on any atom is -0.477 e. The third kappa shape index (κ3) is 4.86. The van der Waals surface area contributed by atoms with Crippen LogP contribution in [0.25, 0.3) is 0 Å². The molecule has 0 bridgehead atoms. The summed E-state index contributed by atoms with van der Waals surface area (Å²) in [7, 11) is 0. The summed E-state index contributed by atoms with van der Waals surface area (Å²) < 4.78 is 54.1. The summed E-state index contributed by atoms with van der Waals surface area (Å²) >= 11 is 0. The van der Waals surface area contributed by atoms with Gasteiger partial charge in [0.05, 0.1) is 6.61 Å². The fraction of sp³-hybridized carbons (Fsp3) is 0.500. The lowest BCUT2D eigenvalue weighted by Crippen LogP contribution is -2.43. The van der Waals surface area contributed by atoms with Gasteiger partial charge in [-0.05, 0) is 38.7 Å². The minimum absolute atomic E-state index is 0.136. The monoisotopic (exact) mass is 386 g/mol. The molecule has 2 aromatic heterocycles. The number of aromatic nitrogens is 3. The number of carbonyl (C=O) groups excluding carboxylic acids is 1. The second-order valence-electron chi connectivity index (χ2n) is 6.65. The van der Waals surface area contributed by atoms with Crippen molar-refractivity contribution in [3.05, 3.63) is 29.9 Å². The van der Waals surface area contributed by atoms with Crippen LogP contribution in [0.3, 0.4) is 0 Å². The molecule has 0 unspecified atom stereocenters. The van der Waals surface area contributed by atoms with Gasteiger partial charge < -0.3 is 19.3 Å². The molecule has 0 aromatic carbocycles. The van der Waals surface area contributed by atoms with Crippen LogP contribution >= 0.6 is 0 Å². The molecule has 0 aliphatic heterocycles. The molecule has 2 aromatic rings. The van der Waals surface area contributed by atoms with E-state index in [4.69, 9.17) is 9.47 Å². The van der Waals surface area contributed by atoms with Crippen molar-refractivity contribution in [2.75, 3.05) is 6.61 Å². The zero-order chi connectivity index (χ0) is 19.7.